The van der Waals surface area contributed by atoms with Crippen LogP contribution in [-0.4, -0.2) is 18.0 Å². The summed E-state index contributed by atoms with van der Waals surface area (Å²) >= 11 is 2.06. The molecular formula is C17H16INO3. The fourth-order valence-electron chi connectivity index (χ4n) is 1.83. The lowest BCUT2D eigenvalue weighted by molar-refractivity contribution is -0.129. The monoisotopic (exact) mass is 409 g/mol. The summed E-state index contributed by atoms with van der Waals surface area (Å²) in [6, 6.07) is 16.7. The molecule has 114 valence electrons. The molecule has 5 heteroatoms. The summed E-state index contributed by atoms with van der Waals surface area (Å²) in [4.78, 5) is 24.0. The van der Waals surface area contributed by atoms with Crippen molar-refractivity contribution in [2.45, 2.75) is 19.6 Å². The molecule has 2 aromatic carbocycles. The number of carbonyl (C=O) groups excluding carboxylic acids is 2. The number of hydrogen-bond donors (Lipinski definition) is 1. The van der Waals surface area contributed by atoms with Gasteiger partial charge in [-0.15, -0.1) is 0 Å². The van der Waals surface area contributed by atoms with Gasteiger partial charge in [-0.2, -0.15) is 0 Å². The third-order valence-corrected chi connectivity index (χ3v) is 4.00. The molecule has 1 amide bonds. The summed E-state index contributed by atoms with van der Waals surface area (Å²) in [7, 11) is 0. The van der Waals surface area contributed by atoms with E-state index in [0.29, 0.717) is 12.1 Å². The normalized spacial score (nSPS) is 11.5. The van der Waals surface area contributed by atoms with Gasteiger partial charge < -0.3 is 10.1 Å². The number of ether oxygens (including phenoxy) is 1. The van der Waals surface area contributed by atoms with Crippen molar-refractivity contribution in [3.8, 4) is 0 Å². The van der Waals surface area contributed by atoms with Crippen molar-refractivity contribution in [2.75, 3.05) is 0 Å². The maximum Gasteiger partial charge on any atom is 0.339 e. The highest BCUT2D eigenvalue weighted by Gasteiger charge is 2.19. The Morgan fingerprint density at radius 1 is 1.09 bits per heavy atom. The van der Waals surface area contributed by atoms with Gasteiger partial charge in [0.15, 0.2) is 6.10 Å². The first-order valence-electron chi connectivity index (χ1n) is 6.85. The van der Waals surface area contributed by atoms with Crippen LogP contribution in [0.1, 0.15) is 22.8 Å². The second kappa shape index (κ2) is 7.93. The molecule has 0 aromatic heterocycles. The third kappa shape index (κ3) is 4.56. The van der Waals surface area contributed by atoms with Gasteiger partial charge in [0, 0.05) is 10.1 Å². The number of hydrogen-bond acceptors (Lipinski definition) is 3. The van der Waals surface area contributed by atoms with E-state index in [4.69, 9.17) is 4.74 Å². The van der Waals surface area contributed by atoms with E-state index in [9.17, 15) is 9.59 Å². The highest BCUT2D eigenvalue weighted by Crippen LogP contribution is 2.13. The molecular weight excluding hydrogens is 393 g/mol. The predicted octanol–water partition coefficient (Wildman–Crippen LogP) is 3.15. The van der Waals surface area contributed by atoms with E-state index in [-0.39, 0.29) is 5.91 Å². The third-order valence-electron chi connectivity index (χ3n) is 3.06. The summed E-state index contributed by atoms with van der Waals surface area (Å²) in [5.74, 6) is -0.810. The number of carbonyl (C=O) groups is 2. The van der Waals surface area contributed by atoms with Crippen LogP contribution < -0.4 is 5.32 Å². The standard InChI is InChI=1S/C17H16INO3/c1-12(16(20)19-11-13-7-3-2-4-8-13)22-17(21)14-9-5-6-10-15(14)18/h2-10,12H,11H2,1H3,(H,19,20)/t12-/m1/s1. The van der Waals surface area contributed by atoms with Crippen LogP contribution >= 0.6 is 22.6 Å². The lowest BCUT2D eigenvalue weighted by atomic mass is 10.2. The Balaban J connectivity index is 1.89. The zero-order valence-corrected chi connectivity index (χ0v) is 14.2. The Morgan fingerprint density at radius 2 is 1.73 bits per heavy atom. The molecule has 1 N–H and O–H groups in total. The van der Waals surface area contributed by atoms with Crippen LogP contribution in [0.25, 0.3) is 0 Å². The molecule has 0 unspecified atom stereocenters. The average molecular weight is 409 g/mol. The number of halogens is 1. The van der Waals surface area contributed by atoms with E-state index in [1.165, 1.54) is 0 Å². The van der Waals surface area contributed by atoms with Gasteiger partial charge >= 0.3 is 5.97 Å². The number of rotatable bonds is 5. The molecule has 0 aliphatic carbocycles. The Morgan fingerprint density at radius 3 is 2.41 bits per heavy atom. The summed E-state index contributed by atoms with van der Waals surface area (Å²) in [6.07, 6.45) is -0.841. The van der Waals surface area contributed by atoms with Crippen LogP contribution in [-0.2, 0) is 16.1 Å². The number of esters is 1. The van der Waals surface area contributed by atoms with E-state index < -0.39 is 12.1 Å². The molecule has 4 nitrogen and oxygen atoms in total. The van der Waals surface area contributed by atoms with Gasteiger partial charge in [0.05, 0.1) is 5.56 Å². The van der Waals surface area contributed by atoms with Crippen LogP contribution in [0.5, 0.6) is 0 Å². The molecule has 2 aromatic rings. The summed E-state index contributed by atoms with van der Waals surface area (Å²) in [6.45, 7) is 1.97. The van der Waals surface area contributed by atoms with Crippen LogP contribution in [0.2, 0.25) is 0 Å². The molecule has 0 fully saturated rings. The topological polar surface area (TPSA) is 55.4 Å². The van der Waals surface area contributed by atoms with Gasteiger partial charge in [-0.3, -0.25) is 4.79 Å². The van der Waals surface area contributed by atoms with Crippen molar-refractivity contribution in [1.82, 2.24) is 5.32 Å². The summed E-state index contributed by atoms with van der Waals surface area (Å²) in [5, 5.41) is 2.75. The van der Waals surface area contributed by atoms with E-state index in [1.807, 2.05) is 42.5 Å². The molecule has 0 saturated carbocycles. The van der Waals surface area contributed by atoms with E-state index >= 15 is 0 Å². The Labute approximate surface area is 143 Å². The van der Waals surface area contributed by atoms with Gasteiger partial charge in [-0.05, 0) is 47.2 Å². The van der Waals surface area contributed by atoms with Crippen molar-refractivity contribution < 1.29 is 14.3 Å². The minimum Gasteiger partial charge on any atom is -0.449 e. The molecule has 2 rings (SSSR count). The van der Waals surface area contributed by atoms with Gasteiger partial charge in [0.25, 0.3) is 5.91 Å². The van der Waals surface area contributed by atoms with Gasteiger partial charge in [-0.1, -0.05) is 42.5 Å². The van der Waals surface area contributed by atoms with E-state index in [1.54, 1.807) is 19.1 Å². The predicted molar refractivity (Wildman–Crippen MR) is 92.3 cm³/mol. The van der Waals surface area contributed by atoms with Crippen LogP contribution in [0.4, 0.5) is 0 Å². The first-order valence-corrected chi connectivity index (χ1v) is 7.93. The molecule has 0 radical (unpaired) electrons. The zero-order chi connectivity index (χ0) is 15.9. The fraction of sp³-hybridized carbons (Fsp3) is 0.176. The SMILES string of the molecule is C[C@@H](OC(=O)c1ccccc1I)C(=O)NCc1ccccc1. The Hall–Kier alpha value is -1.89. The second-order valence-corrected chi connectivity index (χ2v) is 5.89. The smallest absolute Gasteiger partial charge is 0.339 e. The molecule has 0 aliphatic heterocycles. The van der Waals surface area contributed by atoms with Crippen molar-refractivity contribution in [3.05, 3.63) is 69.3 Å². The molecule has 1 atom stereocenters. The minimum absolute atomic E-state index is 0.317. The van der Waals surface area contributed by atoms with Crippen molar-refractivity contribution in [2.24, 2.45) is 0 Å². The number of benzene rings is 2. The quantitative estimate of drug-likeness (QED) is 0.610. The molecule has 0 spiro atoms. The van der Waals surface area contributed by atoms with E-state index in [2.05, 4.69) is 27.9 Å². The molecule has 0 aliphatic rings. The first kappa shape index (κ1) is 16.5. The number of amides is 1. The van der Waals surface area contributed by atoms with Gasteiger partial charge in [0.1, 0.15) is 0 Å². The maximum atomic E-state index is 12.0. The van der Waals surface area contributed by atoms with Gasteiger partial charge in [0.2, 0.25) is 0 Å². The van der Waals surface area contributed by atoms with Crippen LogP contribution in [0.3, 0.4) is 0 Å². The fourth-order valence-corrected chi connectivity index (χ4v) is 2.44. The first-order chi connectivity index (χ1) is 10.6. The summed E-state index contributed by atoms with van der Waals surface area (Å²) < 4.78 is 6.01. The highest BCUT2D eigenvalue weighted by atomic mass is 127. The minimum atomic E-state index is -0.841. The van der Waals surface area contributed by atoms with Gasteiger partial charge in [-0.25, -0.2) is 4.79 Å². The van der Waals surface area contributed by atoms with Crippen LogP contribution in [0, 0.1) is 3.57 Å². The maximum absolute atomic E-state index is 12.0. The average Bonchev–Trinajstić information content (AvgIpc) is 2.53. The van der Waals surface area contributed by atoms with Crippen LogP contribution in [0.15, 0.2) is 54.6 Å². The molecule has 0 heterocycles. The van der Waals surface area contributed by atoms with E-state index in [0.717, 1.165) is 9.13 Å². The lowest BCUT2D eigenvalue weighted by Crippen LogP contribution is -2.35. The lowest BCUT2D eigenvalue weighted by Gasteiger charge is -2.14. The van der Waals surface area contributed by atoms with Crippen molar-refractivity contribution in [3.63, 3.8) is 0 Å². The second-order valence-electron chi connectivity index (χ2n) is 4.73. The molecule has 0 saturated heterocycles. The van der Waals surface area contributed by atoms with Crippen molar-refractivity contribution in [1.29, 1.82) is 0 Å². The Kier molecular flexibility index (Phi) is 5.94. The largest absolute Gasteiger partial charge is 0.449 e. The molecule has 0 bridgehead atoms. The zero-order valence-electron chi connectivity index (χ0n) is 12.1. The van der Waals surface area contributed by atoms with Crippen molar-refractivity contribution >= 4 is 34.5 Å². The molecule has 22 heavy (non-hydrogen) atoms. The summed E-state index contributed by atoms with van der Waals surface area (Å²) in [5.41, 5.74) is 1.46. The number of nitrogens with one attached hydrogen (secondary N) is 1. The Bertz CT molecular complexity index is 658. The highest BCUT2D eigenvalue weighted by molar-refractivity contribution is 14.1.